The Morgan fingerprint density at radius 2 is 2.16 bits per heavy atom. The number of ether oxygens (including phenoxy) is 2. The highest BCUT2D eigenvalue weighted by molar-refractivity contribution is 5.07. The summed E-state index contributed by atoms with van der Waals surface area (Å²) in [4.78, 5) is 11.1. The van der Waals surface area contributed by atoms with Crippen LogP contribution in [0.1, 0.15) is 24.1 Å². The van der Waals surface area contributed by atoms with Crippen LogP contribution in [-0.2, 0) is 22.6 Å². The van der Waals surface area contributed by atoms with Crippen LogP contribution in [0.25, 0.3) is 0 Å². The summed E-state index contributed by atoms with van der Waals surface area (Å²) in [6, 6.07) is 10.6. The van der Waals surface area contributed by atoms with Gasteiger partial charge in [-0.05, 0) is 42.5 Å². The third-order valence-corrected chi connectivity index (χ3v) is 5.19. The maximum atomic E-state index is 6.04. The fourth-order valence-corrected chi connectivity index (χ4v) is 3.98. The van der Waals surface area contributed by atoms with Gasteiger partial charge in [-0.1, -0.05) is 12.1 Å². The van der Waals surface area contributed by atoms with Crippen LogP contribution in [0, 0.1) is 5.92 Å². The van der Waals surface area contributed by atoms with E-state index < -0.39 is 0 Å². The van der Waals surface area contributed by atoms with Crippen LogP contribution in [0.5, 0.6) is 0 Å². The molecule has 1 aliphatic carbocycles. The number of aromatic nitrogens is 2. The van der Waals surface area contributed by atoms with Gasteiger partial charge in [0, 0.05) is 44.3 Å². The zero-order chi connectivity index (χ0) is 16.9. The van der Waals surface area contributed by atoms with E-state index >= 15 is 0 Å². The monoisotopic (exact) mass is 339 g/mol. The Balaban J connectivity index is 1.30. The van der Waals surface area contributed by atoms with E-state index in [1.54, 1.807) is 6.20 Å². The summed E-state index contributed by atoms with van der Waals surface area (Å²) in [6.07, 6.45) is 8.10. The van der Waals surface area contributed by atoms with E-state index in [2.05, 4.69) is 33.1 Å². The van der Waals surface area contributed by atoms with Crippen LogP contribution in [0.15, 0.2) is 48.9 Å². The molecule has 2 aromatic rings. The van der Waals surface area contributed by atoms with Crippen molar-refractivity contribution in [3.05, 3.63) is 60.2 Å². The first-order valence-electron chi connectivity index (χ1n) is 9.10. The Bertz CT molecular complexity index is 653. The standard InChI is InChI=1S/C20H25N3O2/c1-2-7-22-18(5-1)13-23-8-9-25-20-11-17(10-19(20)23)15-24-14-16-4-3-6-21-12-16/h1-7,12,17,19-20H,8-11,13-15H2/t17-,19-,20+/m0/s1. The largest absolute Gasteiger partial charge is 0.376 e. The SMILES string of the molecule is c1ccc(CN2CCO[C@@H]3C[C@@H](COCc4cccnc4)C[C@@H]32)nc1. The van der Waals surface area contributed by atoms with Gasteiger partial charge in [-0.15, -0.1) is 0 Å². The molecule has 0 N–H and O–H groups in total. The molecule has 3 atom stereocenters. The molecule has 25 heavy (non-hydrogen) atoms. The second-order valence-corrected chi connectivity index (χ2v) is 6.98. The topological polar surface area (TPSA) is 47.5 Å². The minimum absolute atomic E-state index is 0.337. The first kappa shape index (κ1) is 16.6. The second kappa shape index (κ2) is 8.04. The van der Waals surface area contributed by atoms with Crippen molar-refractivity contribution < 1.29 is 9.47 Å². The molecule has 1 saturated heterocycles. The minimum atomic E-state index is 0.337. The van der Waals surface area contributed by atoms with Crippen molar-refractivity contribution >= 4 is 0 Å². The van der Waals surface area contributed by atoms with E-state index in [-0.39, 0.29) is 0 Å². The number of morpholine rings is 1. The van der Waals surface area contributed by atoms with E-state index in [1.807, 2.05) is 24.5 Å². The summed E-state index contributed by atoms with van der Waals surface area (Å²) in [5, 5.41) is 0. The van der Waals surface area contributed by atoms with Crippen molar-refractivity contribution in [3.63, 3.8) is 0 Å². The van der Waals surface area contributed by atoms with Gasteiger partial charge in [0.25, 0.3) is 0 Å². The van der Waals surface area contributed by atoms with Gasteiger partial charge in [0.05, 0.1) is 25.0 Å². The lowest BCUT2D eigenvalue weighted by molar-refractivity contribution is -0.0595. The number of pyridine rings is 2. The van der Waals surface area contributed by atoms with Gasteiger partial charge in [0.2, 0.25) is 0 Å². The molecule has 2 aliphatic rings. The van der Waals surface area contributed by atoms with Crippen LogP contribution in [0.3, 0.4) is 0 Å². The van der Waals surface area contributed by atoms with E-state index in [0.717, 1.165) is 50.4 Å². The fraction of sp³-hybridized carbons (Fsp3) is 0.500. The Labute approximate surface area is 149 Å². The Hall–Kier alpha value is -1.82. The van der Waals surface area contributed by atoms with Crippen molar-refractivity contribution in [2.45, 2.75) is 38.1 Å². The molecule has 2 fully saturated rings. The average molecular weight is 339 g/mol. The molecule has 0 unspecified atom stereocenters. The molecule has 4 rings (SSSR count). The quantitative estimate of drug-likeness (QED) is 0.810. The molecular formula is C20H25N3O2. The summed E-state index contributed by atoms with van der Waals surface area (Å²) in [5.41, 5.74) is 2.27. The lowest BCUT2D eigenvalue weighted by Crippen LogP contribution is -2.47. The van der Waals surface area contributed by atoms with Crippen molar-refractivity contribution in [2.75, 3.05) is 19.8 Å². The molecule has 132 valence electrons. The normalized spacial score (nSPS) is 26.5. The van der Waals surface area contributed by atoms with Crippen molar-refractivity contribution in [2.24, 2.45) is 5.92 Å². The van der Waals surface area contributed by atoms with Crippen molar-refractivity contribution in [3.8, 4) is 0 Å². The highest BCUT2D eigenvalue weighted by Crippen LogP contribution is 2.35. The van der Waals surface area contributed by atoms with Crippen LogP contribution in [-0.4, -0.2) is 46.8 Å². The van der Waals surface area contributed by atoms with Crippen LogP contribution in [0.2, 0.25) is 0 Å². The lowest BCUT2D eigenvalue weighted by Gasteiger charge is -2.37. The number of hydrogen-bond acceptors (Lipinski definition) is 5. The highest BCUT2D eigenvalue weighted by atomic mass is 16.5. The van der Waals surface area contributed by atoms with Crippen molar-refractivity contribution in [1.82, 2.24) is 14.9 Å². The maximum Gasteiger partial charge on any atom is 0.0734 e. The predicted molar refractivity (Wildman–Crippen MR) is 94.8 cm³/mol. The number of rotatable bonds is 6. The Morgan fingerprint density at radius 3 is 3.00 bits per heavy atom. The third kappa shape index (κ3) is 4.24. The van der Waals surface area contributed by atoms with Gasteiger partial charge in [0.1, 0.15) is 0 Å². The zero-order valence-electron chi connectivity index (χ0n) is 14.5. The number of hydrogen-bond donors (Lipinski definition) is 0. The summed E-state index contributed by atoms with van der Waals surface area (Å²) in [6.45, 7) is 4.15. The van der Waals surface area contributed by atoms with E-state index in [1.165, 1.54) is 0 Å². The summed E-state index contributed by atoms with van der Waals surface area (Å²) < 4.78 is 12.0. The van der Waals surface area contributed by atoms with Gasteiger partial charge in [0.15, 0.2) is 0 Å². The third-order valence-electron chi connectivity index (χ3n) is 5.19. The molecule has 0 amide bonds. The fourth-order valence-electron chi connectivity index (χ4n) is 3.98. The molecule has 0 bridgehead atoms. The molecular weight excluding hydrogens is 314 g/mol. The summed E-state index contributed by atoms with van der Waals surface area (Å²) in [7, 11) is 0. The zero-order valence-corrected chi connectivity index (χ0v) is 14.5. The molecule has 0 aromatic carbocycles. The molecule has 2 aromatic heterocycles. The summed E-state index contributed by atoms with van der Waals surface area (Å²) >= 11 is 0. The number of fused-ring (bicyclic) bond motifs is 1. The van der Waals surface area contributed by atoms with E-state index in [9.17, 15) is 0 Å². The van der Waals surface area contributed by atoms with Gasteiger partial charge in [-0.25, -0.2) is 0 Å². The van der Waals surface area contributed by atoms with Crippen LogP contribution < -0.4 is 0 Å². The average Bonchev–Trinajstić information content (AvgIpc) is 3.08. The smallest absolute Gasteiger partial charge is 0.0734 e. The molecule has 3 heterocycles. The van der Waals surface area contributed by atoms with Crippen LogP contribution >= 0.6 is 0 Å². The Kier molecular flexibility index (Phi) is 5.35. The molecule has 0 radical (unpaired) electrons. The summed E-state index contributed by atoms with van der Waals surface area (Å²) in [5.74, 6) is 0.566. The predicted octanol–water partition coefficient (Wildman–Crippen LogP) is 2.67. The van der Waals surface area contributed by atoms with Gasteiger partial charge >= 0.3 is 0 Å². The van der Waals surface area contributed by atoms with Gasteiger partial charge in [-0.3, -0.25) is 14.9 Å². The first-order valence-corrected chi connectivity index (χ1v) is 9.10. The van der Waals surface area contributed by atoms with Gasteiger partial charge in [-0.2, -0.15) is 0 Å². The number of nitrogens with zero attached hydrogens (tertiary/aromatic N) is 3. The van der Waals surface area contributed by atoms with Gasteiger partial charge < -0.3 is 9.47 Å². The lowest BCUT2D eigenvalue weighted by atomic mass is 10.1. The maximum absolute atomic E-state index is 6.04. The van der Waals surface area contributed by atoms with E-state index in [0.29, 0.717) is 24.7 Å². The minimum Gasteiger partial charge on any atom is -0.376 e. The Morgan fingerprint density at radius 1 is 1.16 bits per heavy atom. The second-order valence-electron chi connectivity index (χ2n) is 6.98. The first-order chi connectivity index (χ1) is 12.4. The van der Waals surface area contributed by atoms with E-state index in [4.69, 9.17) is 9.47 Å². The highest BCUT2D eigenvalue weighted by Gasteiger charge is 2.40. The molecule has 5 nitrogen and oxygen atoms in total. The molecule has 0 spiro atoms. The molecule has 5 heteroatoms. The molecule has 1 saturated carbocycles. The molecule has 1 aliphatic heterocycles. The van der Waals surface area contributed by atoms with Crippen molar-refractivity contribution in [1.29, 1.82) is 0 Å². The van der Waals surface area contributed by atoms with Crippen LogP contribution in [0.4, 0.5) is 0 Å².